The second-order valence-corrected chi connectivity index (χ2v) is 4.90. The van der Waals surface area contributed by atoms with Gasteiger partial charge in [0.2, 0.25) is 5.95 Å². The molecule has 17 heavy (non-hydrogen) atoms. The van der Waals surface area contributed by atoms with Gasteiger partial charge in [0.1, 0.15) is 0 Å². The van der Waals surface area contributed by atoms with Crippen LogP contribution in [0.25, 0.3) is 11.0 Å². The maximum absolute atomic E-state index is 5.96. The molecule has 0 saturated carbocycles. The van der Waals surface area contributed by atoms with Crippen molar-refractivity contribution in [1.82, 2.24) is 9.55 Å². The van der Waals surface area contributed by atoms with E-state index in [-0.39, 0.29) is 6.04 Å². The number of hydrogen-bond donors (Lipinski definition) is 1. The van der Waals surface area contributed by atoms with Crippen molar-refractivity contribution in [3.8, 4) is 0 Å². The summed E-state index contributed by atoms with van der Waals surface area (Å²) < 4.78 is 8.47. The third kappa shape index (κ3) is 2.45. The molecule has 1 unspecified atom stereocenters. The Morgan fingerprint density at radius 3 is 3.00 bits per heavy atom. The van der Waals surface area contributed by atoms with Gasteiger partial charge in [-0.05, 0) is 32.0 Å². The van der Waals surface area contributed by atoms with Gasteiger partial charge in [-0.3, -0.25) is 0 Å². The maximum Gasteiger partial charge on any atom is 0.201 e. The molecule has 0 radical (unpaired) electrons. The van der Waals surface area contributed by atoms with Crippen LogP contribution in [0.1, 0.15) is 19.9 Å². The van der Waals surface area contributed by atoms with E-state index in [1.165, 1.54) is 0 Å². The Kier molecular flexibility index (Phi) is 3.69. The highest BCUT2D eigenvalue weighted by molar-refractivity contribution is 9.10. The maximum atomic E-state index is 5.96. The van der Waals surface area contributed by atoms with Gasteiger partial charge in [0.25, 0.3) is 0 Å². The van der Waals surface area contributed by atoms with Gasteiger partial charge in [-0.1, -0.05) is 15.9 Å². The summed E-state index contributed by atoms with van der Waals surface area (Å²) in [5.74, 6) is 0.533. The number of hydrogen-bond acceptors (Lipinski definition) is 3. The molecule has 1 aromatic heterocycles. The van der Waals surface area contributed by atoms with E-state index in [0.717, 1.165) is 15.5 Å². The Bertz CT molecular complexity index is 524. The van der Waals surface area contributed by atoms with Crippen LogP contribution in [0.3, 0.4) is 0 Å². The number of fused-ring (bicyclic) bond motifs is 1. The molecular formula is C12H16BrN3O. The lowest BCUT2D eigenvalue weighted by molar-refractivity contribution is 0.120. The largest absolute Gasteiger partial charge is 0.380 e. The van der Waals surface area contributed by atoms with E-state index < -0.39 is 0 Å². The third-order valence-electron chi connectivity index (χ3n) is 2.68. The van der Waals surface area contributed by atoms with Crippen LogP contribution in [-0.4, -0.2) is 22.8 Å². The lowest BCUT2D eigenvalue weighted by Gasteiger charge is -2.15. The first-order valence-corrected chi connectivity index (χ1v) is 6.43. The van der Waals surface area contributed by atoms with E-state index in [1.807, 2.05) is 29.7 Å². The summed E-state index contributed by atoms with van der Waals surface area (Å²) in [6.45, 7) is 5.41. The van der Waals surface area contributed by atoms with Gasteiger partial charge in [-0.15, -0.1) is 0 Å². The fraction of sp³-hybridized carbons (Fsp3) is 0.417. The summed E-state index contributed by atoms with van der Waals surface area (Å²) in [6, 6.07) is 6.13. The molecule has 2 rings (SSSR count). The molecule has 0 fully saturated rings. The summed E-state index contributed by atoms with van der Waals surface area (Å²) in [6.07, 6.45) is 0. The summed E-state index contributed by atoms with van der Waals surface area (Å²) in [7, 11) is 0. The van der Waals surface area contributed by atoms with Crippen molar-refractivity contribution >= 4 is 32.9 Å². The molecule has 1 aromatic carbocycles. The highest BCUT2D eigenvalue weighted by Crippen LogP contribution is 2.25. The molecule has 1 atom stereocenters. The number of benzene rings is 1. The molecule has 4 nitrogen and oxygen atoms in total. The molecule has 0 aliphatic rings. The highest BCUT2D eigenvalue weighted by atomic mass is 79.9. The fourth-order valence-corrected chi connectivity index (χ4v) is 2.26. The number of rotatable bonds is 4. The van der Waals surface area contributed by atoms with E-state index in [0.29, 0.717) is 19.2 Å². The zero-order valence-corrected chi connectivity index (χ0v) is 11.6. The molecule has 0 saturated heterocycles. The molecule has 0 spiro atoms. The zero-order chi connectivity index (χ0) is 12.4. The van der Waals surface area contributed by atoms with E-state index in [4.69, 9.17) is 10.5 Å². The van der Waals surface area contributed by atoms with Gasteiger partial charge in [0.05, 0.1) is 23.7 Å². The Labute approximate surface area is 109 Å². The Hall–Kier alpha value is -1.07. The minimum absolute atomic E-state index is 0.175. The fourth-order valence-electron chi connectivity index (χ4n) is 1.91. The molecule has 0 aliphatic carbocycles. The van der Waals surface area contributed by atoms with Crippen LogP contribution in [0.15, 0.2) is 22.7 Å². The molecule has 1 heterocycles. The topological polar surface area (TPSA) is 53.1 Å². The standard InChI is InChI=1S/C12H16BrN3O/c1-3-17-7-8(2)16-11-6-9(13)4-5-10(11)15-12(16)14/h4-6,8H,3,7H2,1-2H3,(H2,14,15). The minimum Gasteiger partial charge on any atom is -0.380 e. The van der Waals surface area contributed by atoms with Crippen LogP contribution in [0.2, 0.25) is 0 Å². The number of anilines is 1. The van der Waals surface area contributed by atoms with Crippen LogP contribution in [0.4, 0.5) is 5.95 Å². The summed E-state index contributed by atoms with van der Waals surface area (Å²) >= 11 is 3.46. The molecule has 2 N–H and O–H groups in total. The van der Waals surface area contributed by atoms with Crippen molar-refractivity contribution < 1.29 is 4.74 Å². The van der Waals surface area contributed by atoms with E-state index in [1.54, 1.807) is 0 Å². The van der Waals surface area contributed by atoms with Crippen LogP contribution in [0, 0.1) is 0 Å². The van der Waals surface area contributed by atoms with Crippen LogP contribution < -0.4 is 5.73 Å². The second-order valence-electron chi connectivity index (χ2n) is 3.98. The van der Waals surface area contributed by atoms with Crippen LogP contribution in [-0.2, 0) is 4.74 Å². The van der Waals surface area contributed by atoms with Crippen molar-refractivity contribution in [1.29, 1.82) is 0 Å². The average molecular weight is 298 g/mol. The first-order chi connectivity index (χ1) is 8.13. The number of aromatic nitrogens is 2. The number of ether oxygens (including phenoxy) is 1. The van der Waals surface area contributed by atoms with Crippen molar-refractivity contribution in [3.05, 3.63) is 22.7 Å². The highest BCUT2D eigenvalue weighted by Gasteiger charge is 2.14. The van der Waals surface area contributed by atoms with Gasteiger partial charge >= 0.3 is 0 Å². The molecule has 0 aliphatic heterocycles. The first-order valence-electron chi connectivity index (χ1n) is 5.64. The first kappa shape index (κ1) is 12.4. The van der Waals surface area contributed by atoms with Crippen LogP contribution in [0.5, 0.6) is 0 Å². The zero-order valence-electron chi connectivity index (χ0n) is 9.98. The predicted molar refractivity (Wildman–Crippen MR) is 73.0 cm³/mol. The number of nitrogens with two attached hydrogens (primary N) is 1. The van der Waals surface area contributed by atoms with Gasteiger partial charge in [0, 0.05) is 11.1 Å². The Morgan fingerprint density at radius 2 is 2.29 bits per heavy atom. The van der Waals surface area contributed by atoms with Crippen molar-refractivity contribution in [2.45, 2.75) is 19.9 Å². The molecule has 5 heteroatoms. The molecule has 92 valence electrons. The lowest BCUT2D eigenvalue weighted by Crippen LogP contribution is -2.14. The molecule has 0 bridgehead atoms. The second kappa shape index (κ2) is 5.06. The Balaban J connectivity index is 2.44. The van der Waals surface area contributed by atoms with E-state index in [9.17, 15) is 0 Å². The van der Waals surface area contributed by atoms with Crippen LogP contribution >= 0.6 is 15.9 Å². The number of nitrogens with zero attached hydrogens (tertiary/aromatic N) is 2. The van der Waals surface area contributed by atoms with Gasteiger partial charge < -0.3 is 15.0 Å². The smallest absolute Gasteiger partial charge is 0.201 e. The van der Waals surface area contributed by atoms with Crippen molar-refractivity contribution in [2.75, 3.05) is 18.9 Å². The quantitative estimate of drug-likeness (QED) is 0.944. The normalized spacial score (nSPS) is 13.1. The molecule has 0 amide bonds. The Morgan fingerprint density at radius 1 is 1.53 bits per heavy atom. The monoisotopic (exact) mass is 297 g/mol. The van der Waals surface area contributed by atoms with Gasteiger partial charge in [0.15, 0.2) is 0 Å². The summed E-state index contributed by atoms with van der Waals surface area (Å²) in [5, 5.41) is 0. The number of imidazole rings is 1. The average Bonchev–Trinajstić information content (AvgIpc) is 2.61. The third-order valence-corrected chi connectivity index (χ3v) is 3.18. The lowest BCUT2D eigenvalue weighted by atomic mass is 10.3. The van der Waals surface area contributed by atoms with E-state index in [2.05, 4.69) is 27.8 Å². The van der Waals surface area contributed by atoms with Gasteiger partial charge in [-0.25, -0.2) is 4.98 Å². The number of nitrogen functional groups attached to an aromatic ring is 1. The molecular weight excluding hydrogens is 282 g/mol. The summed E-state index contributed by atoms with van der Waals surface area (Å²) in [4.78, 5) is 4.35. The molecule has 2 aromatic rings. The minimum atomic E-state index is 0.175. The number of halogens is 1. The van der Waals surface area contributed by atoms with Crippen molar-refractivity contribution in [2.24, 2.45) is 0 Å². The SMILES string of the molecule is CCOCC(C)n1c(N)nc2ccc(Br)cc21. The van der Waals surface area contributed by atoms with E-state index >= 15 is 0 Å². The summed E-state index contributed by atoms with van der Waals surface area (Å²) in [5.41, 5.74) is 7.90. The van der Waals surface area contributed by atoms with Gasteiger partial charge in [-0.2, -0.15) is 0 Å². The van der Waals surface area contributed by atoms with Crippen molar-refractivity contribution in [3.63, 3.8) is 0 Å². The predicted octanol–water partition coefficient (Wildman–Crippen LogP) is 2.98.